The molecule has 3 heterocycles. The normalized spacial score (nSPS) is 16.2. The highest BCUT2D eigenvalue weighted by molar-refractivity contribution is 7.08. The van der Waals surface area contributed by atoms with Gasteiger partial charge in [-0.05, 0) is 41.1 Å². The maximum atomic E-state index is 12.2. The number of fused-ring (bicyclic) bond motifs is 1. The van der Waals surface area contributed by atoms with Gasteiger partial charge in [-0.25, -0.2) is 0 Å². The number of carbonyl (C=O) groups excluding carboxylic acids is 1. The van der Waals surface area contributed by atoms with Crippen LogP contribution in [-0.4, -0.2) is 48.9 Å². The van der Waals surface area contributed by atoms with Gasteiger partial charge in [0.25, 0.3) is 0 Å². The van der Waals surface area contributed by atoms with E-state index < -0.39 is 0 Å². The van der Waals surface area contributed by atoms with E-state index in [4.69, 9.17) is 18.7 Å². The van der Waals surface area contributed by atoms with E-state index in [1.807, 2.05) is 29.0 Å². The summed E-state index contributed by atoms with van der Waals surface area (Å²) in [6, 6.07) is 5.68. The van der Waals surface area contributed by atoms with Gasteiger partial charge in [0.2, 0.25) is 11.7 Å². The molecule has 0 spiro atoms. The van der Waals surface area contributed by atoms with Crippen molar-refractivity contribution in [2.75, 3.05) is 27.9 Å². The van der Waals surface area contributed by atoms with E-state index >= 15 is 0 Å². The zero-order valence-electron chi connectivity index (χ0n) is 17.1. The Morgan fingerprint density at radius 1 is 1.27 bits per heavy atom. The molecule has 8 nitrogen and oxygen atoms in total. The standard InChI is InChI=1S/C21H23N3O5S/c1-26-17-8-13-4-6-24(11-19-22-21(23-29-19)14-5-7-30-12-14)16(10-20(25)28-3)15(13)9-18(17)27-2/h5,7-9,12,16H,4,6,10-11H2,1-3H3/t16-/m1/s1. The highest BCUT2D eigenvalue weighted by Crippen LogP contribution is 2.40. The predicted molar refractivity (Wildman–Crippen MR) is 111 cm³/mol. The van der Waals surface area contributed by atoms with Gasteiger partial charge in [-0.1, -0.05) is 5.16 Å². The average molecular weight is 429 g/mol. The van der Waals surface area contributed by atoms with Crippen molar-refractivity contribution in [2.24, 2.45) is 0 Å². The van der Waals surface area contributed by atoms with Gasteiger partial charge >= 0.3 is 5.97 Å². The summed E-state index contributed by atoms with van der Waals surface area (Å²) >= 11 is 1.58. The van der Waals surface area contributed by atoms with Gasteiger partial charge < -0.3 is 18.7 Å². The van der Waals surface area contributed by atoms with E-state index in [0.717, 1.165) is 29.7 Å². The number of aromatic nitrogens is 2. The maximum Gasteiger partial charge on any atom is 0.307 e. The van der Waals surface area contributed by atoms with E-state index in [0.29, 0.717) is 29.8 Å². The maximum absolute atomic E-state index is 12.2. The van der Waals surface area contributed by atoms with Crippen LogP contribution in [0.5, 0.6) is 11.5 Å². The molecule has 0 saturated carbocycles. The second kappa shape index (κ2) is 8.85. The number of benzene rings is 1. The molecule has 0 saturated heterocycles. The largest absolute Gasteiger partial charge is 0.493 e. The molecule has 30 heavy (non-hydrogen) atoms. The topological polar surface area (TPSA) is 86.9 Å². The SMILES string of the molecule is COC(=O)C[C@@H]1c2cc(OC)c(OC)cc2CCN1Cc1nc(-c2ccsc2)no1. The molecule has 9 heteroatoms. The van der Waals surface area contributed by atoms with Crippen molar-refractivity contribution in [1.82, 2.24) is 15.0 Å². The number of ether oxygens (including phenoxy) is 3. The molecular formula is C21H23N3O5S. The summed E-state index contributed by atoms with van der Waals surface area (Å²) in [6.07, 6.45) is 1.02. The Hall–Kier alpha value is -2.91. The summed E-state index contributed by atoms with van der Waals surface area (Å²) < 4.78 is 21.3. The summed E-state index contributed by atoms with van der Waals surface area (Å²) in [5.41, 5.74) is 3.08. The first-order chi connectivity index (χ1) is 14.6. The minimum Gasteiger partial charge on any atom is -0.493 e. The molecule has 1 aliphatic rings. The molecule has 2 aromatic heterocycles. The number of hydrogen-bond donors (Lipinski definition) is 0. The third-order valence-corrected chi connectivity index (χ3v) is 5.97. The molecule has 0 aliphatic carbocycles. The van der Waals surface area contributed by atoms with E-state index in [1.165, 1.54) is 7.11 Å². The minimum absolute atomic E-state index is 0.197. The fourth-order valence-electron chi connectivity index (χ4n) is 3.75. The molecule has 0 radical (unpaired) electrons. The van der Waals surface area contributed by atoms with Crippen LogP contribution in [-0.2, 0) is 22.5 Å². The summed E-state index contributed by atoms with van der Waals surface area (Å²) in [4.78, 5) is 18.9. The molecule has 158 valence electrons. The lowest BCUT2D eigenvalue weighted by atomic mass is 9.90. The molecule has 1 aliphatic heterocycles. The van der Waals surface area contributed by atoms with Gasteiger partial charge in [0.05, 0.1) is 34.3 Å². The highest BCUT2D eigenvalue weighted by Gasteiger charge is 2.32. The zero-order chi connectivity index (χ0) is 21.1. The van der Waals surface area contributed by atoms with Crippen LogP contribution in [0.4, 0.5) is 0 Å². The van der Waals surface area contributed by atoms with E-state index in [9.17, 15) is 4.79 Å². The molecule has 0 unspecified atom stereocenters. The number of carbonyl (C=O) groups is 1. The first kappa shape index (κ1) is 20.4. The van der Waals surface area contributed by atoms with Crippen molar-refractivity contribution in [1.29, 1.82) is 0 Å². The fraction of sp³-hybridized carbons (Fsp3) is 0.381. The van der Waals surface area contributed by atoms with Gasteiger partial charge in [0, 0.05) is 23.5 Å². The third kappa shape index (κ3) is 4.03. The molecule has 3 aromatic rings. The minimum atomic E-state index is -0.280. The van der Waals surface area contributed by atoms with Crippen LogP contribution in [0.1, 0.15) is 29.5 Å². The van der Waals surface area contributed by atoms with Crippen molar-refractivity contribution >= 4 is 17.3 Å². The van der Waals surface area contributed by atoms with E-state index in [-0.39, 0.29) is 18.4 Å². The van der Waals surface area contributed by atoms with Crippen LogP contribution < -0.4 is 9.47 Å². The average Bonchev–Trinajstić information content (AvgIpc) is 3.46. The van der Waals surface area contributed by atoms with Gasteiger partial charge in [0.1, 0.15) is 0 Å². The Morgan fingerprint density at radius 2 is 2.07 bits per heavy atom. The lowest BCUT2D eigenvalue weighted by Gasteiger charge is -2.36. The summed E-state index contributed by atoms with van der Waals surface area (Å²) in [7, 11) is 4.62. The van der Waals surface area contributed by atoms with Gasteiger partial charge in [-0.2, -0.15) is 16.3 Å². The molecule has 1 aromatic carbocycles. The van der Waals surface area contributed by atoms with Crippen LogP contribution in [0, 0.1) is 0 Å². The Labute approximate surface area is 178 Å². The quantitative estimate of drug-likeness (QED) is 0.528. The first-order valence-electron chi connectivity index (χ1n) is 9.53. The number of methoxy groups -OCH3 is 3. The van der Waals surface area contributed by atoms with Crippen molar-refractivity contribution in [3.8, 4) is 22.9 Å². The molecular weight excluding hydrogens is 406 g/mol. The van der Waals surface area contributed by atoms with Crippen LogP contribution in [0.25, 0.3) is 11.4 Å². The van der Waals surface area contributed by atoms with Crippen LogP contribution in [0.2, 0.25) is 0 Å². The summed E-state index contributed by atoms with van der Waals surface area (Å²) in [6.45, 7) is 1.17. The van der Waals surface area contributed by atoms with Gasteiger partial charge in [-0.3, -0.25) is 9.69 Å². The number of rotatable bonds is 7. The smallest absolute Gasteiger partial charge is 0.307 e. The molecule has 0 fully saturated rings. The fourth-order valence-corrected chi connectivity index (χ4v) is 4.39. The predicted octanol–water partition coefficient (Wildman–Crippen LogP) is 3.48. The monoisotopic (exact) mass is 429 g/mol. The number of hydrogen-bond acceptors (Lipinski definition) is 9. The number of nitrogens with zero attached hydrogens (tertiary/aromatic N) is 3. The summed E-state index contributed by atoms with van der Waals surface area (Å²) in [5, 5.41) is 8.04. The number of esters is 1. The lowest BCUT2D eigenvalue weighted by molar-refractivity contribution is -0.142. The Kier molecular flexibility index (Phi) is 6.01. The Balaban J connectivity index is 1.63. The Morgan fingerprint density at radius 3 is 2.77 bits per heavy atom. The van der Waals surface area contributed by atoms with Crippen molar-refractivity contribution in [2.45, 2.75) is 25.4 Å². The van der Waals surface area contributed by atoms with Gasteiger partial charge in [-0.15, -0.1) is 0 Å². The second-order valence-electron chi connectivity index (χ2n) is 6.95. The molecule has 0 amide bonds. The highest BCUT2D eigenvalue weighted by atomic mass is 32.1. The first-order valence-corrected chi connectivity index (χ1v) is 10.5. The second-order valence-corrected chi connectivity index (χ2v) is 7.73. The van der Waals surface area contributed by atoms with Gasteiger partial charge in [0.15, 0.2) is 11.5 Å². The van der Waals surface area contributed by atoms with Crippen molar-refractivity contribution in [3.05, 3.63) is 46.0 Å². The molecule has 1 atom stereocenters. The van der Waals surface area contributed by atoms with Crippen LogP contribution >= 0.6 is 11.3 Å². The Bertz CT molecular complexity index is 1020. The van der Waals surface area contributed by atoms with Crippen molar-refractivity contribution in [3.63, 3.8) is 0 Å². The van der Waals surface area contributed by atoms with Crippen LogP contribution in [0.15, 0.2) is 33.5 Å². The summed E-state index contributed by atoms with van der Waals surface area (Å²) in [5.74, 6) is 2.11. The molecule has 4 rings (SSSR count). The molecule has 0 N–H and O–H groups in total. The van der Waals surface area contributed by atoms with Crippen molar-refractivity contribution < 1.29 is 23.5 Å². The van der Waals surface area contributed by atoms with E-state index in [1.54, 1.807) is 25.6 Å². The zero-order valence-corrected chi connectivity index (χ0v) is 17.9. The number of thiophene rings is 1. The van der Waals surface area contributed by atoms with Crippen LogP contribution in [0.3, 0.4) is 0 Å². The third-order valence-electron chi connectivity index (χ3n) is 5.29. The van der Waals surface area contributed by atoms with E-state index in [2.05, 4.69) is 15.0 Å². The lowest BCUT2D eigenvalue weighted by Crippen LogP contribution is -2.36. The molecule has 0 bridgehead atoms.